The number of nitrogens with zero attached hydrogens (tertiary/aromatic N) is 1. The molecule has 1 aliphatic heterocycles. The van der Waals surface area contributed by atoms with Crippen molar-refractivity contribution in [2.45, 2.75) is 13.0 Å². The highest BCUT2D eigenvalue weighted by atomic mass is 16.5. The molecule has 1 aliphatic rings. The van der Waals surface area contributed by atoms with Gasteiger partial charge in [0.15, 0.2) is 0 Å². The highest BCUT2D eigenvalue weighted by Gasteiger charge is 2.45. The van der Waals surface area contributed by atoms with E-state index in [1.807, 2.05) is 0 Å². The normalized spacial score (nSPS) is 18.0. The summed E-state index contributed by atoms with van der Waals surface area (Å²) >= 11 is 0. The Morgan fingerprint density at radius 3 is 2.34 bits per heavy atom. The number of carbonyl (C=O) groups is 3. The number of likely N-dealkylation sites (tertiary alicyclic amines) is 1. The molecule has 0 spiro atoms. The second-order valence-corrected chi connectivity index (χ2v) is 6.61. The molecule has 7 nitrogen and oxygen atoms in total. The molecule has 7 heteroatoms. The summed E-state index contributed by atoms with van der Waals surface area (Å²) in [6, 6.07) is 14.8. The Kier molecular flexibility index (Phi) is 5.97. The van der Waals surface area contributed by atoms with Crippen LogP contribution in [0.5, 0.6) is 5.75 Å². The number of aliphatic hydroxyl groups is 1. The van der Waals surface area contributed by atoms with Gasteiger partial charge in [-0.3, -0.25) is 14.4 Å². The fourth-order valence-electron chi connectivity index (χ4n) is 3.35. The van der Waals surface area contributed by atoms with Gasteiger partial charge in [-0.25, -0.2) is 0 Å². The van der Waals surface area contributed by atoms with Crippen molar-refractivity contribution in [3.63, 3.8) is 0 Å². The van der Waals surface area contributed by atoms with Crippen LogP contribution in [0.15, 0.2) is 60.2 Å². The predicted octanol–water partition coefficient (Wildman–Crippen LogP) is 2.25. The van der Waals surface area contributed by atoms with Gasteiger partial charge in [-0.15, -0.1) is 0 Å². The molecule has 150 valence electrons. The van der Waals surface area contributed by atoms with Crippen LogP contribution in [0.4, 0.5) is 0 Å². The number of ether oxygens (including phenoxy) is 1. The Morgan fingerprint density at radius 1 is 1.10 bits per heavy atom. The molecule has 0 saturated carbocycles. The minimum atomic E-state index is -0.769. The molecule has 2 N–H and O–H groups in total. The number of aliphatic hydroxyl groups excluding tert-OH is 1. The zero-order chi connectivity index (χ0) is 21.0. The minimum Gasteiger partial charge on any atom is -0.507 e. The number of methoxy groups -OCH3 is 1. The quantitative estimate of drug-likeness (QED) is 0.445. The molecule has 1 atom stereocenters. The first-order valence-corrected chi connectivity index (χ1v) is 9.16. The molecular formula is C22H22N2O5. The summed E-state index contributed by atoms with van der Waals surface area (Å²) in [5.74, 6) is -1.30. The van der Waals surface area contributed by atoms with Crippen LogP contribution in [0.1, 0.15) is 24.1 Å². The van der Waals surface area contributed by atoms with Crippen molar-refractivity contribution in [3.8, 4) is 5.75 Å². The Labute approximate surface area is 168 Å². The van der Waals surface area contributed by atoms with Crippen LogP contribution in [0.3, 0.4) is 0 Å². The summed E-state index contributed by atoms with van der Waals surface area (Å²) in [5, 5.41) is 13.5. The Hall–Kier alpha value is -3.61. The zero-order valence-electron chi connectivity index (χ0n) is 16.2. The van der Waals surface area contributed by atoms with Crippen LogP contribution >= 0.6 is 0 Å². The molecule has 1 saturated heterocycles. The zero-order valence-corrected chi connectivity index (χ0v) is 16.2. The standard InChI is InChI=1S/C22H22N2O5/c1-14(25)23-12-13-24-19(15-8-10-17(29-2)11-9-15)18(21(27)22(24)28)20(26)16-6-4-3-5-7-16/h3-11,19,26H,12-13H2,1-2H3,(H,23,25)/t19-/m0/s1. The molecule has 2 aromatic rings. The van der Waals surface area contributed by atoms with Crippen molar-refractivity contribution >= 4 is 23.4 Å². The minimum absolute atomic E-state index is 0.0224. The maximum absolute atomic E-state index is 12.8. The van der Waals surface area contributed by atoms with Crippen molar-refractivity contribution in [2.24, 2.45) is 0 Å². The van der Waals surface area contributed by atoms with Gasteiger partial charge in [0.2, 0.25) is 5.91 Å². The summed E-state index contributed by atoms with van der Waals surface area (Å²) in [7, 11) is 1.55. The van der Waals surface area contributed by atoms with Crippen LogP contribution in [0, 0.1) is 0 Å². The van der Waals surface area contributed by atoms with Gasteiger partial charge in [0, 0.05) is 25.6 Å². The summed E-state index contributed by atoms with van der Waals surface area (Å²) in [5.41, 5.74) is 1.13. The average Bonchev–Trinajstić information content (AvgIpc) is 2.98. The smallest absolute Gasteiger partial charge is 0.295 e. The second-order valence-electron chi connectivity index (χ2n) is 6.61. The topological polar surface area (TPSA) is 95.9 Å². The number of carbonyl (C=O) groups excluding carboxylic acids is 3. The van der Waals surface area contributed by atoms with E-state index in [0.29, 0.717) is 16.9 Å². The van der Waals surface area contributed by atoms with Gasteiger partial charge in [-0.05, 0) is 17.7 Å². The molecule has 1 heterocycles. The summed E-state index contributed by atoms with van der Waals surface area (Å²) in [6.07, 6.45) is 0. The lowest BCUT2D eigenvalue weighted by Crippen LogP contribution is -2.37. The number of hydrogen-bond donors (Lipinski definition) is 2. The molecule has 0 aliphatic carbocycles. The molecule has 1 fully saturated rings. The van der Waals surface area contributed by atoms with Gasteiger partial charge < -0.3 is 20.1 Å². The lowest BCUT2D eigenvalue weighted by molar-refractivity contribution is -0.139. The van der Waals surface area contributed by atoms with E-state index in [-0.39, 0.29) is 30.3 Å². The maximum atomic E-state index is 12.8. The fourth-order valence-corrected chi connectivity index (χ4v) is 3.35. The van der Waals surface area contributed by atoms with E-state index in [2.05, 4.69) is 5.32 Å². The van der Waals surface area contributed by atoms with Crippen molar-refractivity contribution in [3.05, 3.63) is 71.3 Å². The Bertz CT molecular complexity index is 951. The highest BCUT2D eigenvalue weighted by Crippen LogP contribution is 2.39. The van der Waals surface area contributed by atoms with Crippen LogP contribution in [0.25, 0.3) is 5.76 Å². The fraction of sp³-hybridized carbons (Fsp3) is 0.227. The third-order valence-electron chi connectivity index (χ3n) is 4.75. The molecule has 0 bridgehead atoms. The number of ketones is 1. The van der Waals surface area contributed by atoms with Gasteiger partial charge in [-0.1, -0.05) is 42.5 Å². The van der Waals surface area contributed by atoms with Crippen molar-refractivity contribution in [1.82, 2.24) is 10.2 Å². The third kappa shape index (κ3) is 4.13. The van der Waals surface area contributed by atoms with Crippen LogP contribution < -0.4 is 10.1 Å². The van der Waals surface area contributed by atoms with E-state index in [9.17, 15) is 19.5 Å². The van der Waals surface area contributed by atoms with E-state index in [1.165, 1.54) is 11.8 Å². The summed E-state index contributed by atoms with van der Waals surface area (Å²) in [6.45, 7) is 1.71. The first-order chi connectivity index (χ1) is 13.9. The van der Waals surface area contributed by atoms with Crippen molar-refractivity contribution < 1.29 is 24.2 Å². The lowest BCUT2D eigenvalue weighted by Gasteiger charge is -2.25. The van der Waals surface area contributed by atoms with Crippen LogP contribution in [-0.2, 0) is 14.4 Å². The van der Waals surface area contributed by atoms with Gasteiger partial charge in [-0.2, -0.15) is 0 Å². The maximum Gasteiger partial charge on any atom is 0.295 e. The molecule has 0 unspecified atom stereocenters. The summed E-state index contributed by atoms with van der Waals surface area (Å²) in [4.78, 5) is 38.1. The molecular weight excluding hydrogens is 372 g/mol. The Morgan fingerprint density at radius 2 is 1.76 bits per heavy atom. The number of amides is 2. The highest BCUT2D eigenvalue weighted by molar-refractivity contribution is 6.46. The van der Waals surface area contributed by atoms with Gasteiger partial charge >= 0.3 is 0 Å². The van der Waals surface area contributed by atoms with E-state index in [0.717, 1.165) is 0 Å². The average molecular weight is 394 g/mol. The molecule has 3 rings (SSSR count). The van der Waals surface area contributed by atoms with E-state index < -0.39 is 17.7 Å². The van der Waals surface area contributed by atoms with E-state index in [4.69, 9.17) is 4.74 Å². The largest absolute Gasteiger partial charge is 0.507 e. The third-order valence-corrected chi connectivity index (χ3v) is 4.75. The van der Waals surface area contributed by atoms with Gasteiger partial charge in [0.25, 0.3) is 11.7 Å². The molecule has 2 amide bonds. The summed E-state index contributed by atoms with van der Waals surface area (Å²) < 4.78 is 5.18. The number of Topliss-reactive ketones (excluding diaryl/α,β-unsaturated/α-hetero) is 1. The van der Waals surface area contributed by atoms with Gasteiger partial charge in [0.1, 0.15) is 11.5 Å². The second kappa shape index (κ2) is 8.60. The SMILES string of the molecule is COc1ccc([C@H]2C(=C(O)c3ccccc3)C(=O)C(=O)N2CCNC(C)=O)cc1. The first kappa shape index (κ1) is 20.1. The number of hydrogen-bond acceptors (Lipinski definition) is 5. The van der Waals surface area contributed by atoms with Gasteiger partial charge in [0.05, 0.1) is 18.7 Å². The lowest BCUT2D eigenvalue weighted by atomic mass is 9.95. The Balaban J connectivity index is 2.07. The van der Waals surface area contributed by atoms with Crippen molar-refractivity contribution in [1.29, 1.82) is 0 Å². The number of nitrogens with one attached hydrogen (secondary N) is 1. The molecule has 29 heavy (non-hydrogen) atoms. The van der Waals surface area contributed by atoms with Crippen molar-refractivity contribution in [2.75, 3.05) is 20.2 Å². The van der Waals surface area contributed by atoms with E-state index in [1.54, 1.807) is 61.7 Å². The van der Waals surface area contributed by atoms with Crippen LogP contribution in [-0.4, -0.2) is 47.8 Å². The number of benzene rings is 2. The molecule has 0 aromatic heterocycles. The number of rotatable bonds is 6. The molecule has 2 aromatic carbocycles. The first-order valence-electron chi connectivity index (χ1n) is 9.16. The predicted molar refractivity (Wildman–Crippen MR) is 107 cm³/mol. The monoisotopic (exact) mass is 394 g/mol. The van der Waals surface area contributed by atoms with E-state index >= 15 is 0 Å². The van der Waals surface area contributed by atoms with Crippen LogP contribution in [0.2, 0.25) is 0 Å². The molecule has 0 radical (unpaired) electrons.